The van der Waals surface area contributed by atoms with Crippen molar-refractivity contribution in [1.29, 1.82) is 0 Å². The van der Waals surface area contributed by atoms with Gasteiger partial charge in [-0.1, -0.05) is 45.3 Å². The molecule has 2 nitrogen and oxygen atoms in total. The number of rotatable bonds is 10. The molecule has 0 spiro atoms. The summed E-state index contributed by atoms with van der Waals surface area (Å²) in [4.78, 5) is 0.594. The maximum atomic E-state index is 5.62. The molecule has 0 amide bonds. The lowest BCUT2D eigenvalue weighted by Gasteiger charge is -2.14. The molecule has 0 rings (SSSR count). The molecule has 0 saturated carbocycles. The standard InChI is InChI=1S/C12H25NOS/c1-3-5-7-11(4-2)10-14-9-6-8-12(13)15/h11H,3-10H2,1-2H3,(H2,13,15). The van der Waals surface area contributed by atoms with Gasteiger partial charge in [-0.2, -0.15) is 0 Å². The highest BCUT2D eigenvalue weighted by molar-refractivity contribution is 7.80. The average Bonchev–Trinajstić information content (AvgIpc) is 2.21. The summed E-state index contributed by atoms with van der Waals surface area (Å²) >= 11 is 4.80. The van der Waals surface area contributed by atoms with Crippen LogP contribution in [0.5, 0.6) is 0 Å². The number of ether oxygens (including phenoxy) is 1. The predicted octanol–water partition coefficient (Wildman–Crippen LogP) is 3.29. The maximum Gasteiger partial charge on any atom is 0.0728 e. The van der Waals surface area contributed by atoms with Crippen LogP contribution < -0.4 is 5.73 Å². The molecule has 0 saturated heterocycles. The third-order valence-electron chi connectivity index (χ3n) is 2.61. The molecular formula is C12H25NOS. The molecule has 0 fully saturated rings. The van der Waals surface area contributed by atoms with Crippen molar-refractivity contribution in [3.05, 3.63) is 0 Å². The summed E-state index contributed by atoms with van der Waals surface area (Å²) in [6, 6.07) is 0. The molecule has 15 heavy (non-hydrogen) atoms. The first-order chi connectivity index (χ1) is 7.20. The van der Waals surface area contributed by atoms with E-state index in [1.54, 1.807) is 0 Å². The highest BCUT2D eigenvalue weighted by Gasteiger charge is 2.05. The van der Waals surface area contributed by atoms with Crippen LogP contribution in [-0.4, -0.2) is 18.2 Å². The van der Waals surface area contributed by atoms with Gasteiger partial charge in [0.1, 0.15) is 0 Å². The van der Waals surface area contributed by atoms with Crippen molar-refractivity contribution in [2.45, 2.75) is 52.4 Å². The maximum absolute atomic E-state index is 5.62. The summed E-state index contributed by atoms with van der Waals surface area (Å²) in [6.45, 7) is 6.16. The Bertz CT molecular complexity index is 162. The van der Waals surface area contributed by atoms with E-state index in [4.69, 9.17) is 22.7 Å². The van der Waals surface area contributed by atoms with Crippen molar-refractivity contribution < 1.29 is 4.74 Å². The van der Waals surface area contributed by atoms with Crippen molar-refractivity contribution in [2.75, 3.05) is 13.2 Å². The van der Waals surface area contributed by atoms with E-state index in [0.717, 1.165) is 32.0 Å². The Labute approximate surface area is 99.6 Å². The van der Waals surface area contributed by atoms with Gasteiger partial charge < -0.3 is 10.5 Å². The van der Waals surface area contributed by atoms with Gasteiger partial charge >= 0.3 is 0 Å². The second-order valence-corrected chi connectivity index (χ2v) is 4.59. The number of thiocarbonyl (C=S) groups is 1. The minimum Gasteiger partial charge on any atom is -0.393 e. The van der Waals surface area contributed by atoms with E-state index in [1.165, 1.54) is 25.7 Å². The average molecular weight is 231 g/mol. The smallest absolute Gasteiger partial charge is 0.0728 e. The van der Waals surface area contributed by atoms with Crippen LogP contribution in [0.2, 0.25) is 0 Å². The molecule has 3 heteroatoms. The van der Waals surface area contributed by atoms with E-state index in [9.17, 15) is 0 Å². The number of nitrogens with two attached hydrogens (primary N) is 1. The Morgan fingerprint density at radius 1 is 1.33 bits per heavy atom. The summed E-state index contributed by atoms with van der Waals surface area (Å²) < 4.78 is 5.62. The quantitative estimate of drug-likeness (QED) is 0.463. The second kappa shape index (κ2) is 10.4. The van der Waals surface area contributed by atoms with E-state index in [-0.39, 0.29) is 0 Å². The zero-order chi connectivity index (χ0) is 11.5. The summed E-state index contributed by atoms with van der Waals surface area (Å²) in [7, 11) is 0. The molecule has 0 bridgehead atoms. The fourth-order valence-electron chi connectivity index (χ4n) is 1.50. The molecule has 0 aromatic carbocycles. The van der Waals surface area contributed by atoms with E-state index >= 15 is 0 Å². The monoisotopic (exact) mass is 231 g/mol. The zero-order valence-electron chi connectivity index (χ0n) is 10.1. The molecule has 1 atom stereocenters. The highest BCUT2D eigenvalue weighted by Crippen LogP contribution is 2.12. The zero-order valence-corrected chi connectivity index (χ0v) is 10.9. The van der Waals surface area contributed by atoms with Gasteiger partial charge in [0.2, 0.25) is 0 Å². The molecular weight excluding hydrogens is 206 g/mol. The van der Waals surface area contributed by atoms with E-state index in [1.807, 2.05) is 0 Å². The molecule has 0 aromatic rings. The molecule has 2 N–H and O–H groups in total. The second-order valence-electron chi connectivity index (χ2n) is 4.06. The lowest BCUT2D eigenvalue weighted by Crippen LogP contribution is -2.12. The minimum absolute atomic E-state index is 0.594. The molecule has 0 aliphatic rings. The molecule has 1 unspecified atom stereocenters. The number of hydrogen-bond donors (Lipinski definition) is 1. The third kappa shape index (κ3) is 10.1. The Morgan fingerprint density at radius 3 is 2.60 bits per heavy atom. The van der Waals surface area contributed by atoms with E-state index in [2.05, 4.69) is 13.8 Å². The fraction of sp³-hybridized carbons (Fsp3) is 0.917. The number of hydrogen-bond acceptors (Lipinski definition) is 2. The van der Waals surface area contributed by atoms with E-state index in [0.29, 0.717) is 4.99 Å². The Balaban J connectivity index is 3.33. The van der Waals surface area contributed by atoms with Gasteiger partial charge in [0.05, 0.1) is 4.99 Å². The van der Waals surface area contributed by atoms with Crippen LogP contribution in [0.15, 0.2) is 0 Å². The molecule has 90 valence electrons. The fourth-order valence-corrected chi connectivity index (χ4v) is 1.64. The van der Waals surface area contributed by atoms with Gasteiger partial charge in [0.15, 0.2) is 0 Å². The normalized spacial score (nSPS) is 12.7. The molecule has 0 heterocycles. The summed E-state index contributed by atoms with van der Waals surface area (Å²) in [5.74, 6) is 0.731. The van der Waals surface area contributed by atoms with Crippen LogP contribution in [0.3, 0.4) is 0 Å². The van der Waals surface area contributed by atoms with Crippen molar-refractivity contribution in [3.8, 4) is 0 Å². The highest BCUT2D eigenvalue weighted by atomic mass is 32.1. The topological polar surface area (TPSA) is 35.2 Å². The molecule has 0 aliphatic heterocycles. The number of unbranched alkanes of at least 4 members (excludes halogenated alkanes) is 1. The molecule has 0 aromatic heterocycles. The van der Waals surface area contributed by atoms with Crippen molar-refractivity contribution >= 4 is 17.2 Å². The summed E-state index contributed by atoms with van der Waals surface area (Å²) in [6.07, 6.45) is 6.87. The first-order valence-corrected chi connectivity index (χ1v) is 6.47. The van der Waals surface area contributed by atoms with Crippen molar-refractivity contribution in [3.63, 3.8) is 0 Å². The lowest BCUT2D eigenvalue weighted by molar-refractivity contribution is 0.0931. The molecule has 0 radical (unpaired) electrons. The Hall–Kier alpha value is -0.150. The van der Waals surface area contributed by atoms with Crippen LogP contribution in [0.4, 0.5) is 0 Å². The largest absolute Gasteiger partial charge is 0.393 e. The predicted molar refractivity (Wildman–Crippen MR) is 70.1 cm³/mol. The van der Waals surface area contributed by atoms with Crippen LogP contribution in [-0.2, 0) is 4.74 Å². The van der Waals surface area contributed by atoms with Gasteiger partial charge in [-0.05, 0) is 25.2 Å². The minimum atomic E-state index is 0.594. The van der Waals surface area contributed by atoms with Gasteiger partial charge in [0.25, 0.3) is 0 Å². The van der Waals surface area contributed by atoms with E-state index < -0.39 is 0 Å². The van der Waals surface area contributed by atoms with Gasteiger partial charge in [0, 0.05) is 13.2 Å². The Morgan fingerprint density at radius 2 is 2.07 bits per heavy atom. The van der Waals surface area contributed by atoms with Crippen LogP contribution in [0, 0.1) is 5.92 Å². The van der Waals surface area contributed by atoms with Crippen molar-refractivity contribution in [1.82, 2.24) is 0 Å². The first kappa shape index (κ1) is 14.8. The van der Waals surface area contributed by atoms with Crippen molar-refractivity contribution in [2.24, 2.45) is 11.7 Å². The first-order valence-electron chi connectivity index (χ1n) is 6.06. The third-order valence-corrected chi connectivity index (χ3v) is 2.81. The van der Waals surface area contributed by atoms with Crippen LogP contribution in [0.25, 0.3) is 0 Å². The Kier molecular flexibility index (Phi) is 10.3. The SMILES string of the molecule is CCCCC(CC)COCCCC(N)=S. The van der Waals surface area contributed by atoms with Gasteiger partial charge in [-0.25, -0.2) is 0 Å². The summed E-state index contributed by atoms with van der Waals surface area (Å²) in [5.41, 5.74) is 5.40. The van der Waals surface area contributed by atoms with Crippen LogP contribution >= 0.6 is 12.2 Å². The molecule has 0 aliphatic carbocycles. The van der Waals surface area contributed by atoms with Gasteiger partial charge in [-0.15, -0.1) is 0 Å². The van der Waals surface area contributed by atoms with Crippen LogP contribution in [0.1, 0.15) is 52.4 Å². The summed E-state index contributed by atoms with van der Waals surface area (Å²) in [5, 5.41) is 0. The van der Waals surface area contributed by atoms with Gasteiger partial charge in [-0.3, -0.25) is 0 Å². The lowest BCUT2D eigenvalue weighted by atomic mass is 10.0.